The topological polar surface area (TPSA) is 66.5 Å². The molecule has 3 aromatic rings. The van der Waals surface area contributed by atoms with Crippen molar-refractivity contribution < 1.29 is 34.7 Å². The molecular weight excluding hydrogens is 651 g/mol. The van der Waals surface area contributed by atoms with Crippen molar-refractivity contribution in [3.8, 4) is 11.5 Å². The number of aromatic nitrogens is 1. The molecule has 5 rings (SSSR count). The molecule has 5 heteroatoms. The minimum absolute atomic E-state index is 0. The van der Waals surface area contributed by atoms with E-state index in [2.05, 4.69) is 38.7 Å². The van der Waals surface area contributed by atoms with Gasteiger partial charge in [-0.3, -0.25) is 0 Å². The zero-order valence-electron chi connectivity index (χ0n) is 23.6. The molecule has 2 aromatic heterocycles. The first kappa shape index (κ1) is 31.0. The van der Waals surface area contributed by atoms with Gasteiger partial charge in [0.15, 0.2) is 0 Å². The van der Waals surface area contributed by atoms with Gasteiger partial charge in [-0.2, -0.15) is 0 Å². The first-order valence-corrected chi connectivity index (χ1v) is 14.6. The monoisotopic (exact) mass is 697 g/mol. The van der Waals surface area contributed by atoms with E-state index >= 15 is 0 Å². The average molecular weight is 697 g/mol. The van der Waals surface area contributed by atoms with Crippen LogP contribution in [0.25, 0.3) is 22.4 Å². The molecule has 2 unspecified atom stereocenters. The molecule has 0 amide bonds. The fraction of sp³-hybridized carbons (Fsp3) is 0.606. The molecule has 211 valence electrons. The second kappa shape index (κ2) is 13.7. The van der Waals surface area contributed by atoms with E-state index in [9.17, 15) is 10.2 Å². The predicted octanol–water partition coefficient (Wildman–Crippen LogP) is 8.21. The van der Waals surface area contributed by atoms with E-state index in [0.717, 1.165) is 55.2 Å². The number of hydrogen-bond donors (Lipinski definition) is 2. The summed E-state index contributed by atoms with van der Waals surface area (Å²) in [5.74, 6) is 1.30. The average Bonchev–Trinajstić information content (AvgIpc) is 3.26. The third kappa shape index (κ3) is 6.12. The Hall–Kier alpha value is -1.52. The number of nitrogens with zero attached hydrogens (tertiary/aromatic N) is 1. The molecule has 0 aliphatic heterocycles. The summed E-state index contributed by atoms with van der Waals surface area (Å²) in [6.45, 7) is 8.90. The zero-order valence-corrected chi connectivity index (χ0v) is 26.0. The summed E-state index contributed by atoms with van der Waals surface area (Å²) in [6, 6.07) is 16.7. The summed E-state index contributed by atoms with van der Waals surface area (Å²) in [4.78, 5) is 4.22. The number of furan rings is 1. The van der Waals surface area contributed by atoms with E-state index in [1.165, 1.54) is 25.7 Å². The molecule has 2 atom stereocenters. The third-order valence-electron chi connectivity index (χ3n) is 10.1. The Bertz CT molecular complexity index is 1040. The van der Waals surface area contributed by atoms with Crippen molar-refractivity contribution in [1.29, 1.82) is 0 Å². The van der Waals surface area contributed by atoms with Crippen molar-refractivity contribution in [2.45, 2.75) is 104 Å². The van der Waals surface area contributed by atoms with E-state index in [4.69, 9.17) is 4.42 Å². The Morgan fingerprint density at radius 2 is 1.39 bits per heavy atom. The normalized spacial score (nSPS) is 26.2. The molecule has 2 aliphatic carbocycles. The molecule has 2 fully saturated rings. The molecule has 4 nitrogen and oxygen atoms in total. The molecule has 2 heterocycles. The van der Waals surface area contributed by atoms with Crippen molar-refractivity contribution in [3.05, 3.63) is 54.7 Å². The number of fused-ring (bicyclic) bond motifs is 2. The van der Waals surface area contributed by atoms with Crippen LogP contribution in [-0.2, 0) is 20.1 Å². The third-order valence-corrected chi connectivity index (χ3v) is 10.1. The van der Waals surface area contributed by atoms with Gasteiger partial charge in [-0.1, -0.05) is 70.9 Å². The van der Waals surface area contributed by atoms with Crippen LogP contribution >= 0.6 is 0 Å². The summed E-state index contributed by atoms with van der Waals surface area (Å²) in [7, 11) is 0. The maximum Gasteiger partial charge on any atom is 0.0651 e. The summed E-state index contributed by atoms with van der Waals surface area (Å²) < 4.78 is 5.64. The maximum absolute atomic E-state index is 11.4. The van der Waals surface area contributed by atoms with Crippen molar-refractivity contribution in [2.75, 3.05) is 0 Å². The zero-order chi connectivity index (χ0) is 26.5. The van der Waals surface area contributed by atoms with E-state index in [0.29, 0.717) is 11.7 Å². The number of hydrogen-bond acceptors (Lipinski definition) is 4. The van der Waals surface area contributed by atoms with Gasteiger partial charge in [0, 0.05) is 43.5 Å². The minimum Gasteiger partial charge on any atom is -0.518 e. The van der Waals surface area contributed by atoms with E-state index < -0.39 is 0 Å². The molecule has 38 heavy (non-hydrogen) atoms. The van der Waals surface area contributed by atoms with Crippen LogP contribution in [0.15, 0.2) is 53.1 Å². The molecule has 1 aromatic carbocycles. The van der Waals surface area contributed by atoms with Gasteiger partial charge in [0.2, 0.25) is 0 Å². The van der Waals surface area contributed by atoms with Crippen molar-refractivity contribution in [1.82, 2.24) is 4.98 Å². The first-order chi connectivity index (χ1) is 17.9. The Balaban J connectivity index is 0.000000218. The number of aliphatic hydroxyl groups excluding tert-OH is 2. The predicted molar refractivity (Wildman–Crippen MR) is 151 cm³/mol. The summed E-state index contributed by atoms with van der Waals surface area (Å²) in [5, 5.41) is 23.7. The van der Waals surface area contributed by atoms with Crippen LogP contribution in [0, 0.1) is 28.7 Å². The molecule has 0 spiro atoms. The smallest absolute Gasteiger partial charge is 0.0651 e. The van der Waals surface area contributed by atoms with E-state index in [1.807, 2.05) is 42.5 Å². The van der Waals surface area contributed by atoms with Gasteiger partial charge < -0.3 is 19.6 Å². The van der Waals surface area contributed by atoms with Crippen molar-refractivity contribution in [2.24, 2.45) is 22.7 Å². The van der Waals surface area contributed by atoms with Gasteiger partial charge in [-0.05, 0) is 74.2 Å². The number of pyridine rings is 1. The van der Waals surface area contributed by atoms with Crippen LogP contribution in [-0.4, -0.2) is 27.4 Å². The Kier molecular flexibility index (Phi) is 11.2. The Morgan fingerprint density at radius 1 is 0.842 bits per heavy atom. The SMILES string of the molecule is CCC1(CC)CCCC2CCCC(CC)(CC)C(O)C2C1O.[Ir].[c-]1c(-c2ccccn2)oc2ccccc12. The number of benzene rings is 1. The molecule has 2 saturated carbocycles. The standard InChI is InChI=1S/C20H38O2.C13H8NO.Ir/c1-5-19(6-2)13-9-11-15-12-10-14-20(7-3,8-4)18(22)16(15)17(19)21;1-2-7-12-10(5-1)9-13(15-12)11-6-3-4-8-14-11;/h15-18,21-22H,5-14H2,1-4H3;1-8H;/q;-1;. The molecule has 2 N–H and O–H groups in total. The van der Waals surface area contributed by atoms with Crippen LogP contribution in [0.2, 0.25) is 0 Å². The van der Waals surface area contributed by atoms with Gasteiger partial charge in [-0.15, -0.1) is 17.5 Å². The van der Waals surface area contributed by atoms with Crippen LogP contribution in [0.1, 0.15) is 91.9 Å². The Morgan fingerprint density at radius 3 is 1.89 bits per heavy atom. The van der Waals surface area contributed by atoms with Crippen LogP contribution in [0.4, 0.5) is 0 Å². The van der Waals surface area contributed by atoms with E-state index in [-0.39, 0.29) is 49.1 Å². The second-order valence-corrected chi connectivity index (χ2v) is 11.4. The van der Waals surface area contributed by atoms with E-state index in [1.54, 1.807) is 6.20 Å². The fourth-order valence-electron chi connectivity index (χ4n) is 7.34. The fourth-order valence-corrected chi connectivity index (χ4v) is 7.34. The summed E-state index contributed by atoms with van der Waals surface area (Å²) in [5.41, 5.74) is 1.71. The number of para-hydroxylation sites is 1. The van der Waals surface area contributed by atoms with Crippen LogP contribution < -0.4 is 0 Å². The molecule has 0 bridgehead atoms. The van der Waals surface area contributed by atoms with Crippen molar-refractivity contribution in [3.63, 3.8) is 0 Å². The Labute approximate surface area is 243 Å². The molecule has 1 radical (unpaired) electrons. The van der Waals surface area contributed by atoms with Gasteiger partial charge in [-0.25, -0.2) is 0 Å². The molecule has 0 saturated heterocycles. The van der Waals surface area contributed by atoms with Gasteiger partial charge in [0.25, 0.3) is 0 Å². The van der Waals surface area contributed by atoms with Gasteiger partial charge in [0.05, 0.1) is 18.0 Å². The number of rotatable bonds is 5. The first-order valence-electron chi connectivity index (χ1n) is 14.6. The maximum atomic E-state index is 11.4. The minimum atomic E-state index is -0.333. The largest absolute Gasteiger partial charge is 0.518 e. The second-order valence-electron chi connectivity index (χ2n) is 11.4. The number of aliphatic hydroxyl groups is 2. The molecule has 2 aliphatic rings. The summed E-state index contributed by atoms with van der Waals surface area (Å²) >= 11 is 0. The van der Waals surface area contributed by atoms with Crippen molar-refractivity contribution >= 4 is 11.0 Å². The molecular formula is C33H46IrNO3-. The quantitative estimate of drug-likeness (QED) is 0.264. The summed E-state index contributed by atoms with van der Waals surface area (Å²) in [6.07, 6.45) is 12.3. The van der Waals surface area contributed by atoms with Gasteiger partial charge in [0.1, 0.15) is 0 Å². The van der Waals surface area contributed by atoms with Gasteiger partial charge >= 0.3 is 0 Å². The van der Waals surface area contributed by atoms with Crippen LogP contribution in [0.5, 0.6) is 0 Å². The van der Waals surface area contributed by atoms with Crippen LogP contribution in [0.3, 0.4) is 0 Å².